The standard InChI is InChI=1S/C16H22ClNOS2/c1-11(2)9-16(3,19)10-18-15(12-5-4-8-20-12)13-6-7-14(17)21-13/h4-8,11,15,18-19H,9-10H2,1-3H3. The van der Waals surface area contributed by atoms with Crippen LogP contribution in [0, 0.1) is 5.92 Å². The van der Waals surface area contributed by atoms with Crippen molar-refractivity contribution in [3.8, 4) is 0 Å². The highest BCUT2D eigenvalue weighted by Crippen LogP contribution is 2.33. The summed E-state index contributed by atoms with van der Waals surface area (Å²) >= 11 is 9.38. The van der Waals surface area contributed by atoms with Gasteiger partial charge in [-0.3, -0.25) is 0 Å². The normalized spacial score (nSPS) is 16.1. The maximum Gasteiger partial charge on any atom is 0.0931 e. The molecular formula is C16H22ClNOS2. The molecule has 0 fully saturated rings. The minimum atomic E-state index is -0.704. The molecule has 5 heteroatoms. The monoisotopic (exact) mass is 343 g/mol. The predicted molar refractivity (Wildman–Crippen MR) is 93.6 cm³/mol. The van der Waals surface area contributed by atoms with Gasteiger partial charge in [0.25, 0.3) is 0 Å². The average molecular weight is 344 g/mol. The van der Waals surface area contributed by atoms with Crippen LogP contribution in [0.1, 0.15) is 43.0 Å². The van der Waals surface area contributed by atoms with Gasteiger partial charge in [-0.15, -0.1) is 22.7 Å². The number of hydrogen-bond acceptors (Lipinski definition) is 4. The number of hydrogen-bond donors (Lipinski definition) is 2. The lowest BCUT2D eigenvalue weighted by Gasteiger charge is -2.28. The second-order valence-electron chi connectivity index (χ2n) is 6.07. The van der Waals surface area contributed by atoms with E-state index >= 15 is 0 Å². The van der Waals surface area contributed by atoms with Crippen LogP contribution in [0.5, 0.6) is 0 Å². The van der Waals surface area contributed by atoms with Crippen LogP contribution in [-0.2, 0) is 0 Å². The van der Waals surface area contributed by atoms with E-state index in [0.717, 1.165) is 10.8 Å². The maximum atomic E-state index is 10.5. The summed E-state index contributed by atoms with van der Waals surface area (Å²) in [6.45, 7) is 6.71. The second-order valence-corrected chi connectivity index (χ2v) is 8.79. The van der Waals surface area contributed by atoms with E-state index in [1.165, 1.54) is 9.75 Å². The molecule has 0 aliphatic rings. The van der Waals surface area contributed by atoms with Crippen molar-refractivity contribution in [3.63, 3.8) is 0 Å². The van der Waals surface area contributed by atoms with Gasteiger partial charge in [-0.05, 0) is 42.8 Å². The third kappa shape index (κ3) is 5.08. The van der Waals surface area contributed by atoms with Crippen LogP contribution < -0.4 is 5.32 Å². The molecule has 2 rings (SSSR count). The first-order valence-electron chi connectivity index (χ1n) is 7.12. The fourth-order valence-electron chi connectivity index (χ4n) is 2.55. The lowest BCUT2D eigenvalue weighted by Crippen LogP contribution is -2.40. The summed E-state index contributed by atoms with van der Waals surface area (Å²) in [6, 6.07) is 8.25. The van der Waals surface area contributed by atoms with Crippen LogP contribution in [-0.4, -0.2) is 17.3 Å². The van der Waals surface area contributed by atoms with E-state index in [9.17, 15) is 5.11 Å². The molecule has 0 amide bonds. The Bertz CT molecular complexity index is 548. The van der Waals surface area contributed by atoms with Gasteiger partial charge in [0, 0.05) is 16.3 Å². The van der Waals surface area contributed by atoms with Crippen LogP contribution in [0.4, 0.5) is 0 Å². The smallest absolute Gasteiger partial charge is 0.0931 e. The summed E-state index contributed by atoms with van der Waals surface area (Å²) in [5.74, 6) is 0.471. The van der Waals surface area contributed by atoms with Gasteiger partial charge in [0.1, 0.15) is 0 Å². The van der Waals surface area contributed by atoms with Crippen LogP contribution in [0.15, 0.2) is 29.6 Å². The SMILES string of the molecule is CC(C)CC(C)(O)CNC(c1cccs1)c1ccc(Cl)s1. The largest absolute Gasteiger partial charge is 0.389 e. The van der Waals surface area contributed by atoms with Gasteiger partial charge in [-0.2, -0.15) is 0 Å². The summed E-state index contributed by atoms with van der Waals surface area (Å²) in [5, 5.41) is 16.1. The molecule has 0 radical (unpaired) electrons. The molecule has 2 aromatic heterocycles. The molecule has 0 aliphatic carbocycles. The minimum absolute atomic E-state index is 0.0983. The topological polar surface area (TPSA) is 32.3 Å². The Hall–Kier alpha value is -0.390. The number of aliphatic hydroxyl groups is 1. The van der Waals surface area contributed by atoms with Gasteiger partial charge in [0.05, 0.1) is 16.0 Å². The first-order valence-corrected chi connectivity index (χ1v) is 9.19. The molecular weight excluding hydrogens is 322 g/mol. The molecule has 2 unspecified atom stereocenters. The minimum Gasteiger partial charge on any atom is -0.389 e. The van der Waals surface area contributed by atoms with Crippen LogP contribution in [0.2, 0.25) is 4.34 Å². The molecule has 2 heterocycles. The Kier molecular flexibility index (Phi) is 5.86. The number of nitrogens with one attached hydrogen (secondary N) is 1. The molecule has 2 atom stereocenters. The second kappa shape index (κ2) is 7.25. The fourth-order valence-corrected chi connectivity index (χ4v) is 4.60. The van der Waals surface area contributed by atoms with Gasteiger partial charge in [0.15, 0.2) is 0 Å². The Morgan fingerprint density at radius 1 is 1.29 bits per heavy atom. The molecule has 0 aromatic carbocycles. The summed E-state index contributed by atoms with van der Waals surface area (Å²) < 4.78 is 0.794. The fraction of sp³-hybridized carbons (Fsp3) is 0.500. The van der Waals surface area contributed by atoms with E-state index in [-0.39, 0.29) is 6.04 Å². The molecule has 21 heavy (non-hydrogen) atoms. The molecule has 116 valence electrons. The van der Waals surface area contributed by atoms with E-state index in [1.54, 1.807) is 22.7 Å². The van der Waals surface area contributed by atoms with E-state index in [2.05, 4.69) is 42.7 Å². The zero-order valence-electron chi connectivity index (χ0n) is 12.6. The Labute approximate surface area is 139 Å². The molecule has 0 aliphatic heterocycles. The van der Waals surface area contributed by atoms with E-state index in [0.29, 0.717) is 12.5 Å². The van der Waals surface area contributed by atoms with Crippen molar-refractivity contribution in [2.45, 2.75) is 38.8 Å². The Morgan fingerprint density at radius 2 is 2.05 bits per heavy atom. The van der Waals surface area contributed by atoms with E-state index in [4.69, 9.17) is 11.6 Å². The van der Waals surface area contributed by atoms with Crippen molar-refractivity contribution < 1.29 is 5.11 Å². The molecule has 0 saturated heterocycles. The first kappa shape index (κ1) is 17.0. The van der Waals surface area contributed by atoms with Gasteiger partial charge in [0.2, 0.25) is 0 Å². The molecule has 2 nitrogen and oxygen atoms in total. The summed E-state index contributed by atoms with van der Waals surface area (Å²) in [6.07, 6.45) is 0.780. The highest BCUT2D eigenvalue weighted by Gasteiger charge is 2.25. The third-order valence-corrected chi connectivity index (χ3v) is 5.47. The summed E-state index contributed by atoms with van der Waals surface area (Å²) in [4.78, 5) is 2.43. The number of halogens is 1. The quantitative estimate of drug-likeness (QED) is 0.746. The van der Waals surface area contributed by atoms with Gasteiger partial charge in [-0.25, -0.2) is 0 Å². The Balaban J connectivity index is 2.11. The lowest BCUT2D eigenvalue weighted by molar-refractivity contribution is 0.0371. The number of thiophene rings is 2. The van der Waals surface area contributed by atoms with E-state index < -0.39 is 5.60 Å². The molecule has 2 aromatic rings. The van der Waals surface area contributed by atoms with Crippen LogP contribution >= 0.6 is 34.3 Å². The van der Waals surface area contributed by atoms with Crippen molar-refractivity contribution in [2.75, 3.05) is 6.54 Å². The highest BCUT2D eigenvalue weighted by atomic mass is 35.5. The van der Waals surface area contributed by atoms with Crippen molar-refractivity contribution in [1.82, 2.24) is 5.32 Å². The van der Waals surface area contributed by atoms with Crippen LogP contribution in [0.3, 0.4) is 0 Å². The maximum absolute atomic E-state index is 10.5. The van der Waals surface area contributed by atoms with Gasteiger partial charge < -0.3 is 10.4 Å². The van der Waals surface area contributed by atoms with Crippen molar-refractivity contribution in [1.29, 1.82) is 0 Å². The predicted octanol–water partition coefficient (Wildman–Crippen LogP) is 4.94. The van der Waals surface area contributed by atoms with Crippen molar-refractivity contribution >= 4 is 34.3 Å². The zero-order chi connectivity index (χ0) is 15.5. The van der Waals surface area contributed by atoms with Crippen LogP contribution in [0.25, 0.3) is 0 Å². The van der Waals surface area contributed by atoms with Crippen molar-refractivity contribution in [3.05, 3.63) is 43.7 Å². The van der Waals surface area contributed by atoms with E-state index in [1.807, 2.05) is 13.0 Å². The highest BCUT2D eigenvalue weighted by molar-refractivity contribution is 7.16. The van der Waals surface area contributed by atoms with Crippen molar-refractivity contribution in [2.24, 2.45) is 5.92 Å². The average Bonchev–Trinajstić information content (AvgIpc) is 3.00. The molecule has 2 N–H and O–H groups in total. The molecule has 0 spiro atoms. The molecule has 0 saturated carbocycles. The first-order chi connectivity index (χ1) is 9.87. The number of rotatable bonds is 7. The molecule has 0 bridgehead atoms. The Morgan fingerprint density at radius 3 is 2.57 bits per heavy atom. The zero-order valence-corrected chi connectivity index (χ0v) is 15.0. The summed E-state index contributed by atoms with van der Waals surface area (Å²) in [7, 11) is 0. The third-order valence-electron chi connectivity index (χ3n) is 3.24. The summed E-state index contributed by atoms with van der Waals surface area (Å²) in [5.41, 5.74) is -0.704. The lowest BCUT2D eigenvalue weighted by atomic mass is 9.94. The van der Waals surface area contributed by atoms with Gasteiger partial charge >= 0.3 is 0 Å². The van der Waals surface area contributed by atoms with Gasteiger partial charge in [-0.1, -0.05) is 31.5 Å².